The Morgan fingerprint density at radius 2 is 2.05 bits per heavy atom. The minimum absolute atomic E-state index is 0.650. The van der Waals surface area contributed by atoms with E-state index in [2.05, 4.69) is 46.5 Å². The van der Waals surface area contributed by atoms with Crippen molar-refractivity contribution in [3.8, 4) is 11.4 Å². The van der Waals surface area contributed by atoms with Gasteiger partial charge < -0.3 is 10.2 Å². The number of hydrogen-bond acceptors (Lipinski definition) is 6. The highest BCUT2D eigenvalue weighted by Crippen LogP contribution is 2.31. The van der Waals surface area contributed by atoms with Gasteiger partial charge in [0.05, 0.1) is 0 Å². The van der Waals surface area contributed by atoms with E-state index in [1.165, 1.54) is 12.8 Å². The summed E-state index contributed by atoms with van der Waals surface area (Å²) < 4.78 is 1.03. The first kappa shape index (κ1) is 13.8. The van der Waals surface area contributed by atoms with Gasteiger partial charge in [0.25, 0.3) is 0 Å². The van der Waals surface area contributed by atoms with Crippen LogP contribution in [0.25, 0.3) is 11.4 Å². The molecule has 0 amide bonds. The van der Waals surface area contributed by atoms with Crippen LogP contribution in [0.15, 0.2) is 15.2 Å². The maximum atomic E-state index is 4.64. The first-order valence-electron chi connectivity index (χ1n) is 6.75. The van der Waals surface area contributed by atoms with Crippen molar-refractivity contribution in [3.05, 3.63) is 15.2 Å². The summed E-state index contributed by atoms with van der Waals surface area (Å²) in [6.07, 6.45) is 2.42. The van der Waals surface area contributed by atoms with E-state index in [0.29, 0.717) is 5.95 Å². The third kappa shape index (κ3) is 2.78. The Hall–Kier alpha value is -1.21. The van der Waals surface area contributed by atoms with E-state index in [9.17, 15) is 0 Å². The van der Waals surface area contributed by atoms with Crippen molar-refractivity contribution in [1.82, 2.24) is 15.0 Å². The summed E-state index contributed by atoms with van der Waals surface area (Å²) >= 11 is 5.19. The van der Waals surface area contributed by atoms with Gasteiger partial charge in [0, 0.05) is 40.4 Å². The highest BCUT2D eigenvalue weighted by Gasteiger charge is 2.18. The summed E-state index contributed by atoms with van der Waals surface area (Å²) in [5, 5.41) is 7.29. The zero-order valence-corrected chi connectivity index (χ0v) is 13.7. The Balaban J connectivity index is 2.02. The Morgan fingerprint density at radius 3 is 2.70 bits per heavy atom. The summed E-state index contributed by atoms with van der Waals surface area (Å²) in [5.41, 5.74) is 1.03. The van der Waals surface area contributed by atoms with Crippen LogP contribution >= 0.6 is 27.3 Å². The van der Waals surface area contributed by atoms with E-state index in [4.69, 9.17) is 0 Å². The van der Waals surface area contributed by atoms with E-state index in [0.717, 1.165) is 41.4 Å². The lowest BCUT2D eigenvalue weighted by Crippen LogP contribution is -2.22. The Morgan fingerprint density at radius 1 is 1.25 bits per heavy atom. The van der Waals surface area contributed by atoms with Crippen molar-refractivity contribution in [2.75, 3.05) is 29.9 Å². The van der Waals surface area contributed by atoms with Crippen LogP contribution in [0, 0.1) is 0 Å². The van der Waals surface area contributed by atoms with Gasteiger partial charge in [-0.2, -0.15) is 26.3 Å². The van der Waals surface area contributed by atoms with Crippen LogP contribution in [0.5, 0.6) is 0 Å². The molecule has 3 rings (SSSR count). The molecule has 0 saturated carbocycles. The van der Waals surface area contributed by atoms with E-state index in [1.807, 2.05) is 12.3 Å². The lowest BCUT2D eigenvalue weighted by atomic mass is 10.3. The van der Waals surface area contributed by atoms with Crippen molar-refractivity contribution >= 4 is 39.2 Å². The van der Waals surface area contributed by atoms with E-state index >= 15 is 0 Å². The molecule has 5 nitrogen and oxygen atoms in total. The van der Waals surface area contributed by atoms with Crippen molar-refractivity contribution in [1.29, 1.82) is 0 Å². The molecular formula is C13H16BrN5S. The van der Waals surface area contributed by atoms with E-state index in [-0.39, 0.29) is 0 Å². The predicted molar refractivity (Wildman–Crippen MR) is 86.5 cm³/mol. The van der Waals surface area contributed by atoms with Gasteiger partial charge in [0.1, 0.15) is 0 Å². The third-order valence-electron chi connectivity index (χ3n) is 3.20. The normalized spacial score (nSPS) is 14.8. The lowest BCUT2D eigenvalue weighted by Gasteiger charge is -2.16. The number of hydrogen-bond donors (Lipinski definition) is 1. The molecule has 0 atom stereocenters. The van der Waals surface area contributed by atoms with Crippen LogP contribution < -0.4 is 10.2 Å². The summed E-state index contributed by atoms with van der Waals surface area (Å²) in [5.74, 6) is 2.16. The van der Waals surface area contributed by atoms with Crippen molar-refractivity contribution in [2.24, 2.45) is 0 Å². The standard InChI is InChI=1S/C13H16BrN5S/c1-2-15-12-16-11(9-7-20-8-10(9)14)17-13(18-12)19-5-3-4-6-19/h7-8H,2-6H2,1H3,(H,15,16,17,18). The number of aromatic nitrogens is 3. The first-order valence-corrected chi connectivity index (χ1v) is 8.48. The molecule has 0 aromatic carbocycles. The fourth-order valence-electron chi connectivity index (χ4n) is 2.22. The Bertz CT molecular complexity index is 594. The molecule has 1 saturated heterocycles. The van der Waals surface area contributed by atoms with E-state index in [1.54, 1.807) is 11.3 Å². The number of rotatable bonds is 4. The SMILES string of the molecule is CCNc1nc(-c2cscc2Br)nc(N2CCCC2)n1. The molecule has 2 aromatic heterocycles. The maximum absolute atomic E-state index is 4.64. The molecule has 1 N–H and O–H groups in total. The fourth-order valence-corrected chi connectivity index (χ4v) is 3.67. The quantitative estimate of drug-likeness (QED) is 0.912. The minimum atomic E-state index is 0.650. The Labute approximate surface area is 130 Å². The Kier molecular flexibility index (Phi) is 4.16. The number of thiophene rings is 1. The van der Waals surface area contributed by atoms with Crippen LogP contribution in [-0.2, 0) is 0 Å². The third-order valence-corrected chi connectivity index (χ3v) is 4.91. The fraction of sp³-hybridized carbons (Fsp3) is 0.462. The molecule has 1 aliphatic rings. The van der Waals surface area contributed by atoms with Crippen molar-refractivity contribution in [2.45, 2.75) is 19.8 Å². The molecule has 106 valence electrons. The average molecular weight is 354 g/mol. The zero-order chi connectivity index (χ0) is 13.9. The lowest BCUT2D eigenvalue weighted by molar-refractivity contribution is 0.881. The zero-order valence-electron chi connectivity index (χ0n) is 11.3. The largest absolute Gasteiger partial charge is 0.354 e. The van der Waals surface area contributed by atoms with Crippen LogP contribution in [0.3, 0.4) is 0 Å². The monoisotopic (exact) mass is 353 g/mol. The van der Waals surface area contributed by atoms with Gasteiger partial charge in [-0.15, -0.1) is 0 Å². The smallest absolute Gasteiger partial charge is 0.230 e. The number of anilines is 2. The summed E-state index contributed by atoms with van der Waals surface area (Å²) in [4.78, 5) is 15.9. The van der Waals surface area contributed by atoms with Crippen LogP contribution in [0.4, 0.5) is 11.9 Å². The molecular weight excluding hydrogens is 338 g/mol. The molecule has 0 bridgehead atoms. The van der Waals surface area contributed by atoms with Gasteiger partial charge in [0.2, 0.25) is 11.9 Å². The second kappa shape index (κ2) is 6.05. The topological polar surface area (TPSA) is 53.9 Å². The van der Waals surface area contributed by atoms with Crippen molar-refractivity contribution < 1.29 is 0 Å². The number of nitrogens with one attached hydrogen (secondary N) is 1. The molecule has 20 heavy (non-hydrogen) atoms. The molecule has 2 aromatic rings. The summed E-state index contributed by atoms with van der Waals surface area (Å²) in [7, 11) is 0. The summed E-state index contributed by atoms with van der Waals surface area (Å²) in [6, 6.07) is 0. The average Bonchev–Trinajstić information content (AvgIpc) is 3.09. The van der Waals surface area contributed by atoms with Crippen LogP contribution in [0.2, 0.25) is 0 Å². The second-order valence-electron chi connectivity index (χ2n) is 4.64. The van der Waals surface area contributed by atoms with Crippen LogP contribution in [0.1, 0.15) is 19.8 Å². The van der Waals surface area contributed by atoms with Gasteiger partial charge in [-0.3, -0.25) is 0 Å². The van der Waals surface area contributed by atoms with Gasteiger partial charge in [-0.05, 0) is 35.7 Å². The van der Waals surface area contributed by atoms with Gasteiger partial charge >= 0.3 is 0 Å². The van der Waals surface area contributed by atoms with E-state index < -0.39 is 0 Å². The molecule has 7 heteroatoms. The van der Waals surface area contributed by atoms with Gasteiger partial charge in [-0.1, -0.05) is 0 Å². The molecule has 3 heterocycles. The predicted octanol–water partition coefficient (Wildman–Crippen LogP) is 3.39. The molecule has 0 spiro atoms. The minimum Gasteiger partial charge on any atom is -0.354 e. The first-order chi connectivity index (χ1) is 9.78. The van der Waals surface area contributed by atoms with Gasteiger partial charge in [-0.25, -0.2) is 0 Å². The second-order valence-corrected chi connectivity index (χ2v) is 6.24. The molecule has 1 fully saturated rings. The number of halogens is 1. The molecule has 0 radical (unpaired) electrons. The van der Waals surface area contributed by atoms with Crippen LogP contribution in [-0.4, -0.2) is 34.6 Å². The summed E-state index contributed by atoms with van der Waals surface area (Å²) in [6.45, 7) is 4.90. The highest BCUT2D eigenvalue weighted by atomic mass is 79.9. The maximum Gasteiger partial charge on any atom is 0.230 e. The highest BCUT2D eigenvalue weighted by molar-refractivity contribution is 9.10. The van der Waals surface area contributed by atoms with Crippen molar-refractivity contribution in [3.63, 3.8) is 0 Å². The molecule has 1 aliphatic heterocycles. The number of nitrogens with zero attached hydrogens (tertiary/aromatic N) is 4. The van der Waals surface area contributed by atoms with Gasteiger partial charge in [0.15, 0.2) is 5.82 Å². The molecule has 0 aliphatic carbocycles. The molecule has 0 unspecified atom stereocenters.